The number of nitrogens with zero attached hydrogens (tertiary/aromatic N) is 1. The molecule has 1 aliphatic rings. The Bertz CT molecular complexity index is 465. The van der Waals surface area contributed by atoms with Gasteiger partial charge in [0.1, 0.15) is 0 Å². The van der Waals surface area contributed by atoms with Gasteiger partial charge in [0.2, 0.25) is 0 Å². The summed E-state index contributed by atoms with van der Waals surface area (Å²) >= 11 is -1.89. The predicted octanol–water partition coefficient (Wildman–Crippen LogP) is 1.98. The van der Waals surface area contributed by atoms with Crippen molar-refractivity contribution in [3.05, 3.63) is 34.8 Å². The number of hydrogen-bond acceptors (Lipinski definition) is 2. The van der Waals surface area contributed by atoms with Crippen molar-refractivity contribution in [2.75, 3.05) is 13.6 Å². The third-order valence-corrected chi connectivity index (χ3v) is 6.02. The minimum absolute atomic E-state index is 0.561. The van der Waals surface area contributed by atoms with Crippen LogP contribution in [0.2, 0.25) is 0 Å². The molecule has 0 aromatic heterocycles. The van der Waals surface area contributed by atoms with E-state index >= 15 is 0 Å². The Labute approximate surface area is 107 Å². The van der Waals surface area contributed by atoms with Gasteiger partial charge in [-0.2, -0.15) is 0 Å². The van der Waals surface area contributed by atoms with E-state index in [2.05, 4.69) is 31.9 Å². The molecule has 0 fully saturated rings. The number of benzene rings is 1. The van der Waals surface area contributed by atoms with Crippen LogP contribution in [0.3, 0.4) is 0 Å². The molecular formula is C14H19NOSe. The summed E-state index contributed by atoms with van der Waals surface area (Å²) in [4.78, 5) is 4.32. The van der Waals surface area contributed by atoms with E-state index in [4.69, 9.17) is 0 Å². The maximum absolute atomic E-state index is 12.0. The van der Waals surface area contributed by atoms with Gasteiger partial charge in [0.05, 0.1) is 0 Å². The third-order valence-electron chi connectivity index (χ3n) is 3.31. The Kier molecular flexibility index (Phi) is 3.93. The zero-order chi connectivity index (χ0) is 12.4. The fraction of sp³-hybridized carbons (Fsp3) is 0.429. The number of fused-ring (bicyclic) bond motifs is 1. The Hall–Kier alpha value is -0.761. The summed E-state index contributed by atoms with van der Waals surface area (Å²) in [6.45, 7) is 5.42. The van der Waals surface area contributed by atoms with Crippen LogP contribution in [0.1, 0.15) is 25.8 Å². The molecule has 0 saturated heterocycles. The van der Waals surface area contributed by atoms with Gasteiger partial charge in [-0.15, -0.1) is 0 Å². The fourth-order valence-electron chi connectivity index (χ4n) is 1.91. The van der Waals surface area contributed by atoms with E-state index in [0.29, 0.717) is 6.04 Å². The van der Waals surface area contributed by atoms with E-state index < -0.39 is 13.8 Å². The first-order valence-electron chi connectivity index (χ1n) is 6.00. The van der Waals surface area contributed by atoms with Gasteiger partial charge in [-0.05, 0) is 0 Å². The van der Waals surface area contributed by atoms with E-state index in [1.54, 1.807) is 0 Å². The molecular weight excluding hydrogens is 277 g/mol. The van der Waals surface area contributed by atoms with Crippen LogP contribution in [0.5, 0.6) is 0 Å². The van der Waals surface area contributed by atoms with Crippen molar-refractivity contribution in [1.29, 1.82) is 0 Å². The monoisotopic (exact) mass is 297 g/mol. The quantitative estimate of drug-likeness (QED) is 0.792. The van der Waals surface area contributed by atoms with Gasteiger partial charge in [0.25, 0.3) is 0 Å². The molecule has 3 heteroatoms. The Morgan fingerprint density at radius 1 is 1.29 bits per heavy atom. The van der Waals surface area contributed by atoms with E-state index in [0.717, 1.165) is 17.4 Å². The predicted molar refractivity (Wildman–Crippen MR) is 72.9 cm³/mol. The Morgan fingerprint density at radius 3 is 2.71 bits per heavy atom. The van der Waals surface area contributed by atoms with Gasteiger partial charge < -0.3 is 0 Å². The van der Waals surface area contributed by atoms with Crippen LogP contribution in [0.25, 0.3) is 5.57 Å². The molecule has 0 amide bonds. The van der Waals surface area contributed by atoms with Gasteiger partial charge in [-0.1, -0.05) is 0 Å². The first kappa shape index (κ1) is 12.7. The van der Waals surface area contributed by atoms with Gasteiger partial charge in [-0.25, -0.2) is 0 Å². The molecule has 17 heavy (non-hydrogen) atoms. The molecule has 1 unspecified atom stereocenters. The molecule has 92 valence electrons. The fourth-order valence-corrected chi connectivity index (χ4v) is 4.55. The molecule has 0 bridgehead atoms. The molecule has 0 saturated carbocycles. The Balaban J connectivity index is 2.09. The van der Waals surface area contributed by atoms with Crippen LogP contribution in [0.4, 0.5) is 0 Å². The van der Waals surface area contributed by atoms with Gasteiger partial charge in [0, 0.05) is 0 Å². The normalized spacial score (nSPS) is 18.6. The van der Waals surface area contributed by atoms with Gasteiger partial charge >= 0.3 is 107 Å². The summed E-state index contributed by atoms with van der Waals surface area (Å²) in [6.07, 6.45) is 0.994. The SMILES string of the molecule is CC(C)N(C)CCC1=C[Se](=O)c2ccccc21. The topological polar surface area (TPSA) is 20.3 Å². The minimum atomic E-state index is -1.89. The standard InChI is InChI=1S/C14H19NOSe/c1-11(2)15(3)9-8-12-10-17(16)14-7-5-4-6-13(12)14/h4-7,10-11H,8-9H2,1-3H3. The van der Waals surface area contributed by atoms with Crippen LogP contribution < -0.4 is 4.46 Å². The van der Waals surface area contributed by atoms with Crippen molar-refractivity contribution in [3.63, 3.8) is 0 Å². The number of rotatable bonds is 4. The maximum atomic E-state index is 12.0. The summed E-state index contributed by atoms with van der Waals surface area (Å²) < 4.78 is 13.0. The second-order valence-corrected chi connectivity index (χ2v) is 7.43. The molecule has 1 aromatic rings. The summed E-state index contributed by atoms with van der Waals surface area (Å²) in [6, 6.07) is 8.67. The molecule has 2 nitrogen and oxygen atoms in total. The summed E-state index contributed by atoms with van der Waals surface area (Å²) in [5.41, 5.74) is 2.48. The summed E-state index contributed by atoms with van der Waals surface area (Å²) in [5.74, 6) is 0. The number of hydrogen-bond donors (Lipinski definition) is 0. The van der Waals surface area contributed by atoms with E-state index in [1.165, 1.54) is 11.1 Å². The average molecular weight is 296 g/mol. The van der Waals surface area contributed by atoms with Crippen LogP contribution in [0, 0.1) is 0 Å². The van der Waals surface area contributed by atoms with Crippen LogP contribution in [0.15, 0.2) is 29.2 Å². The third kappa shape index (κ3) is 2.74. The van der Waals surface area contributed by atoms with Crippen molar-refractivity contribution in [1.82, 2.24) is 4.90 Å². The molecule has 1 atom stereocenters. The molecule has 1 heterocycles. The van der Waals surface area contributed by atoms with Crippen molar-refractivity contribution in [2.24, 2.45) is 0 Å². The van der Waals surface area contributed by atoms with Crippen molar-refractivity contribution in [2.45, 2.75) is 26.3 Å². The summed E-state index contributed by atoms with van der Waals surface area (Å²) in [7, 11) is 2.14. The van der Waals surface area contributed by atoms with Gasteiger partial charge in [-0.3, -0.25) is 0 Å². The van der Waals surface area contributed by atoms with Crippen LogP contribution in [-0.2, 0) is 3.83 Å². The van der Waals surface area contributed by atoms with E-state index in [1.807, 2.05) is 23.2 Å². The Morgan fingerprint density at radius 2 is 2.00 bits per heavy atom. The van der Waals surface area contributed by atoms with E-state index in [9.17, 15) is 3.83 Å². The zero-order valence-corrected chi connectivity index (χ0v) is 12.4. The van der Waals surface area contributed by atoms with E-state index in [-0.39, 0.29) is 0 Å². The van der Waals surface area contributed by atoms with Crippen LogP contribution >= 0.6 is 0 Å². The molecule has 1 aliphatic heterocycles. The molecule has 1 aromatic carbocycles. The summed E-state index contributed by atoms with van der Waals surface area (Å²) in [5, 5.41) is 0. The second kappa shape index (κ2) is 5.26. The molecule has 0 aliphatic carbocycles. The molecule has 2 rings (SSSR count). The van der Waals surface area contributed by atoms with Crippen molar-refractivity contribution < 1.29 is 3.83 Å². The first-order chi connectivity index (χ1) is 8.09. The first-order valence-corrected chi connectivity index (χ1v) is 8.55. The second-order valence-electron chi connectivity index (χ2n) is 4.76. The van der Waals surface area contributed by atoms with Crippen molar-refractivity contribution in [3.8, 4) is 0 Å². The van der Waals surface area contributed by atoms with Crippen LogP contribution in [-0.4, -0.2) is 38.4 Å². The molecule has 0 N–H and O–H groups in total. The average Bonchev–Trinajstić information content (AvgIpc) is 2.64. The molecule has 0 spiro atoms. The van der Waals surface area contributed by atoms with Crippen molar-refractivity contribution >= 4 is 23.9 Å². The molecule has 0 radical (unpaired) electrons. The van der Waals surface area contributed by atoms with Gasteiger partial charge in [0.15, 0.2) is 0 Å². The zero-order valence-electron chi connectivity index (χ0n) is 10.6.